The lowest BCUT2D eigenvalue weighted by Gasteiger charge is -2.05. The summed E-state index contributed by atoms with van der Waals surface area (Å²) in [6.45, 7) is 0.770. The van der Waals surface area contributed by atoms with Gasteiger partial charge in [0, 0.05) is 13.0 Å². The molecule has 0 saturated heterocycles. The zero-order chi connectivity index (χ0) is 14.8. The second kappa shape index (κ2) is 5.58. The summed E-state index contributed by atoms with van der Waals surface area (Å²) in [6, 6.07) is 9.80. The molecule has 6 heteroatoms. The van der Waals surface area contributed by atoms with E-state index in [0.717, 1.165) is 6.92 Å². The number of alkyl halides is 2. The van der Waals surface area contributed by atoms with E-state index in [4.69, 9.17) is 4.74 Å². The summed E-state index contributed by atoms with van der Waals surface area (Å²) in [7, 11) is 1.19. The Labute approximate surface area is 118 Å². The summed E-state index contributed by atoms with van der Waals surface area (Å²) in [5.41, 5.74) is 0. The average Bonchev–Trinajstić information content (AvgIpc) is 2.83. The fourth-order valence-electron chi connectivity index (χ4n) is 1.52. The third-order valence-corrected chi connectivity index (χ3v) is 3.74. The Morgan fingerprint density at radius 2 is 1.90 bits per heavy atom. The number of carbonyl (C=O) groups is 1. The average molecular weight is 298 g/mol. The van der Waals surface area contributed by atoms with E-state index in [9.17, 15) is 13.6 Å². The number of hydrogen-bond acceptors (Lipinski definition) is 4. The molecule has 0 aliphatic rings. The Hall–Kier alpha value is -1.95. The molecule has 20 heavy (non-hydrogen) atoms. The van der Waals surface area contributed by atoms with Crippen LogP contribution >= 0.6 is 11.3 Å². The number of hydrogen-bond donors (Lipinski definition) is 0. The lowest BCUT2D eigenvalue weighted by Crippen LogP contribution is -2.03. The quantitative estimate of drug-likeness (QED) is 0.783. The minimum atomic E-state index is -3.04. The lowest BCUT2D eigenvalue weighted by molar-refractivity contribution is 0.0214. The Morgan fingerprint density at radius 1 is 1.25 bits per heavy atom. The van der Waals surface area contributed by atoms with Gasteiger partial charge in [-0.2, -0.15) is 0 Å². The molecule has 0 aliphatic carbocycles. The standard InChI is InChI=1S/C14H12F2O3S/c1-14(15,16)11-8-10(12(20-11)13(17)18-2)19-9-6-4-3-5-7-9/h3-8H,1-2H3. The molecular weight excluding hydrogens is 286 g/mol. The predicted molar refractivity (Wildman–Crippen MR) is 71.7 cm³/mol. The normalized spacial score (nSPS) is 11.2. The van der Waals surface area contributed by atoms with Crippen molar-refractivity contribution in [3.05, 3.63) is 46.2 Å². The molecular formula is C14H12F2O3S. The van der Waals surface area contributed by atoms with Crippen LogP contribution in [0.3, 0.4) is 0 Å². The van der Waals surface area contributed by atoms with Crippen molar-refractivity contribution in [1.29, 1.82) is 0 Å². The van der Waals surface area contributed by atoms with Gasteiger partial charge in [-0.25, -0.2) is 13.6 Å². The van der Waals surface area contributed by atoms with E-state index in [1.54, 1.807) is 30.3 Å². The first kappa shape index (κ1) is 14.5. The van der Waals surface area contributed by atoms with Crippen LogP contribution in [-0.2, 0) is 10.7 Å². The Morgan fingerprint density at radius 3 is 2.45 bits per heavy atom. The minimum absolute atomic E-state index is 0.0212. The van der Waals surface area contributed by atoms with Crippen LogP contribution in [0, 0.1) is 0 Å². The lowest BCUT2D eigenvalue weighted by atomic mass is 10.3. The molecule has 1 aromatic carbocycles. The number of thiophene rings is 1. The van der Waals surface area contributed by atoms with Gasteiger partial charge in [0.1, 0.15) is 5.75 Å². The molecule has 106 valence electrons. The molecule has 3 nitrogen and oxygen atoms in total. The molecule has 0 bridgehead atoms. The molecule has 0 radical (unpaired) electrons. The van der Waals surface area contributed by atoms with Crippen molar-refractivity contribution in [3.8, 4) is 11.5 Å². The zero-order valence-electron chi connectivity index (χ0n) is 10.9. The molecule has 0 saturated carbocycles. The largest absolute Gasteiger partial charge is 0.465 e. The van der Waals surface area contributed by atoms with Gasteiger partial charge in [0.05, 0.1) is 12.0 Å². The molecule has 1 aromatic heterocycles. The van der Waals surface area contributed by atoms with E-state index < -0.39 is 11.9 Å². The van der Waals surface area contributed by atoms with Crippen LogP contribution in [0.1, 0.15) is 21.5 Å². The predicted octanol–water partition coefficient (Wildman–Crippen LogP) is 4.44. The molecule has 2 rings (SSSR count). The highest BCUT2D eigenvalue weighted by atomic mass is 32.1. The molecule has 0 amide bonds. The fourth-order valence-corrected chi connectivity index (χ4v) is 2.45. The molecule has 1 heterocycles. The number of methoxy groups -OCH3 is 1. The number of ether oxygens (including phenoxy) is 2. The van der Waals surface area contributed by atoms with Crippen molar-refractivity contribution in [3.63, 3.8) is 0 Å². The monoisotopic (exact) mass is 298 g/mol. The number of rotatable bonds is 4. The first-order valence-corrected chi connectivity index (χ1v) is 6.57. The van der Waals surface area contributed by atoms with Gasteiger partial charge in [0.15, 0.2) is 10.6 Å². The topological polar surface area (TPSA) is 35.5 Å². The van der Waals surface area contributed by atoms with E-state index in [-0.39, 0.29) is 15.5 Å². The maximum atomic E-state index is 13.4. The van der Waals surface area contributed by atoms with Crippen molar-refractivity contribution in [2.24, 2.45) is 0 Å². The molecule has 0 fully saturated rings. The van der Waals surface area contributed by atoms with E-state index in [0.29, 0.717) is 17.1 Å². The van der Waals surface area contributed by atoms with Crippen molar-refractivity contribution < 1.29 is 23.0 Å². The Bertz CT molecular complexity index is 603. The fraction of sp³-hybridized carbons (Fsp3) is 0.214. The SMILES string of the molecule is COC(=O)c1sc(C(C)(F)F)cc1Oc1ccccc1. The van der Waals surface area contributed by atoms with Gasteiger partial charge in [-0.3, -0.25) is 0 Å². The van der Waals surface area contributed by atoms with Crippen molar-refractivity contribution in [2.75, 3.05) is 7.11 Å². The second-order valence-electron chi connectivity index (χ2n) is 4.10. The highest BCUT2D eigenvalue weighted by molar-refractivity contribution is 7.14. The Balaban J connectivity index is 2.40. The molecule has 2 aromatic rings. The van der Waals surface area contributed by atoms with Crippen LogP contribution < -0.4 is 4.74 Å². The van der Waals surface area contributed by atoms with E-state index in [1.807, 2.05) is 0 Å². The third-order valence-electron chi connectivity index (χ3n) is 2.47. The summed E-state index contributed by atoms with van der Waals surface area (Å²) >= 11 is 0.669. The number of halogens is 2. The molecule has 0 unspecified atom stereocenters. The van der Waals surface area contributed by atoms with Crippen LogP contribution in [0.2, 0.25) is 0 Å². The van der Waals surface area contributed by atoms with Crippen LogP contribution in [0.15, 0.2) is 36.4 Å². The summed E-state index contributed by atoms with van der Waals surface area (Å²) < 4.78 is 36.8. The smallest absolute Gasteiger partial charge is 0.351 e. The summed E-state index contributed by atoms with van der Waals surface area (Å²) in [4.78, 5) is 11.4. The molecule has 0 spiro atoms. The van der Waals surface area contributed by atoms with E-state index >= 15 is 0 Å². The van der Waals surface area contributed by atoms with E-state index in [1.165, 1.54) is 13.2 Å². The van der Waals surface area contributed by atoms with Gasteiger partial charge in [0.2, 0.25) is 0 Å². The van der Waals surface area contributed by atoms with E-state index in [2.05, 4.69) is 4.74 Å². The molecule has 0 atom stereocenters. The maximum Gasteiger partial charge on any atom is 0.351 e. The Kier molecular flexibility index (Phi) is 4.04. The van der Waals surface area contributed by atoms with Crippen LogP contribution in [0.25, 0.3) is 0 Å². The molecule has 0 N–H and O–H groups in total. The number of benzene rings is 1. The first-order chi connectivity index (χ1) is 9.41. The second-order valence-corrected chi connectivity index (χ2v) is 5.15. The van der Waals surface area contributed by atoms with Gasteiger partial charge < -0.3 is 9.47 Å². The van der Waals surface area contributed by atoms with Gasteiger partial charge in [-0.1, -0.05) is 18.2 Å². The van der Waals surface area contributed by atoms with Crippen LogP contribution in [-0.4, -0.2) is 13.1 Å². The van der Waals surface area contributed by atoms with Gasteiger partial charge in [-0.15, -0.1) is 11.3 Å². The van der Waals surface area contributed by atoms with Crippen molar-refractivity contribution >= 4 is 17.3 Å². The van der Waals surface area contributed by atoms with Gasteiger partial charge >= 0.3 is 5.97 Å². The summed E-state index contributed by atoms with van der Waals surface area (Å²) in [5, 5.41) is 0. The maximum absolute atomic E-state index is 13.4. The number of para-hydroxylation sites is 1. The van der Waals surface area contributed by atoms with Gasteiger partial charge in [0.25, 0.3) is 5.92 Å². The summed E-state index contributed by atoms with van der Waals surface area (Å²) in [5.74, 6) is -3.20. The van der Waals surface area contributed by atoms with Crippen molar-refractivity contribution in [2.45, 2.75) is 12.8 Å². The number of carbonyl (C=O) groups excluding carboxylic acids is 1. The zero-order valence-corrected chi connectivity index (χ0v) is 11.7. The van der Waals surface area contributed by atoms with Crippen LogP contribution in [0.5, 0.6) is 11.5 Å². The first-order valence-electron chi connectivity index (χ1n) is 5.75. The summed E-state index contributed by atoms with van der Waals surface area (Å²) in [6.07, 6.45) is 0. The third kappa shape index (κ3) is 3.14. The van der Waals surface area contributed by atoms with Gasteiger partial charge in [-0.05, 0) is 12.1 Å². The number of esters is 1. The van der Waals surface area contributed by atoms with Crippen LogP contribution in [0.4, 0.5) is 8.78 Å². The van der Waals surface area contributed by atoms with Crippen molar-refractivity contribution in [1.82, 2.24) is 0 Å². The molecule has 0 aliphatic heterocycles. The highest BCUT2D eigenvalue weighted by Crippen LogP contribution is 2.40. The minimum Gasteiger partial charge on any atom is -0.465 e. The highest BCUT2D eigenvalue weighted by Gasteiger charge is 2.31.